The molecule has 3 nitrogen and oxygen atoms in total. The molecule has 0 unspecified atom stereocenters. The number of hydrogen-bond acceptors (Lipinski definition) is 4. The smallest absolute Gasteiger partial charge is 0.0975 e. The first-order valence-electron chi connectivity index (χ1n) is 6.89. The summed E-state index contributed by atoms with van der Waals surface area (Å²) < 4.78 is 0. The van der Waals surface area contributed by atoms with Gasteiger partial charge in [-0.15, -0.1) is 11.3 Å². The Balaban J connectivity index is 1.72. The lowest BCUT2D eigenvalue weighted by molar-refractivity contribution is 0.263. The molecule has 0 radical (unpaired) electrons. The molecule has 106 valence electrons. The van der Waals surface area contributed by atoms with Gasteiger partial charge in [-0.25, -0.2) is 4.98 Å². The summed E-state index contributed by atoms with van der Waals surface area (Å²) >= 11 is 7.75. The molecule has 1 aromatic carbocycles. The third kappa shape index (κ3) is 3.20. The average Bonchev–Trinajstić information content (AvgIpc) is 2.83. The molecular formula is C15H18ClN3S. The highest BCUT2D eigenvalue weighted by Crippen LogP contribution is 2.26. The van der Waals surface area contributed by atoms with Crippen molar-refractivity contribution >= 4 is 22.9 Å². The van der Waals surface area contributed by atoms with Crippen LogP contribution in [0.1, 0.15) is 21.1 Å². The molecule has 0 bridgehead atoms. The third-order valence-corrected chi connectivity index (χ3v) is 4.90. The predicted octanol–water partition coefficient (Wildman–Crippen LogP) is 2.70. The highest BCUT2D eigenvalue weighted by atomic mass is 35.5. The molecule has 5 heteroatoms. The maximum atomic E-state index is 5.91. The van der Waals surface area contributed by atoms with E-state index in [1.807, 2.05) is 23.5 Å². The number of benzene rings is 1. The minimum atomic E-state index is 0.728. The summed E-state index contributed by atoms with van der Waals surface area (Å²) in [4.78, 5) is 8.61. The minimum Gasteiger partial charge on any atom is -0.329 e. The van der Waals surface area contributed by atoms with E-state index in [0.29, 0.717) is 0 Å². The summed E-state index contributed by atoms with van der Waals surface area (Å²) in [5, 5.41) is 1.98. The Morgan fingerprint density at radius 2 is 2.10 bits per heavy atom. The molecular weight excluding hydrogens is 290 g/mol. The summed E-state index contributed by atoms with van der Waals surface area (Å²) in [6.07, 6.45) is 1.94. The molecule has 0 atom stereocenters. The van der Waals surface area contributed by atoms with Gasteiger partial charge in [-0.05, 0) is 17.7 Å². The van der Waals surface area contributed by atoms with Gasteiger partial charge >= 0.3 is 0 Å². The Morgan fingerprint density at radius 3 is 2.85 bits per heavy atom. The van der Waals surface area contributed by atoms with Crippen molar-refractivity contribution in [3.8, 4) is 0 Å². The lowest BCUT2D eigenvalue weighted by atomic mass is 10.1. The van der Waals surface area contributed by atoms with Crippen LogP contribution in [-0.2, 0) is 19.4 Å². The van der Waals surface area contributed by atoms with Gasteiger partial charge in [0.25, 0.3) is 0 Å². The van der Waals surface area contributed by atoms with Gasteiger partial charge in [0.2, 0.25) is 0 Å². The molecule has 2 aromatic rings. The molecule has 2 N–H and O–H groups in total. The largest absolute Gasteiger partial charge is 0.329 e. The van der Waals surface area contributed by atoms with Gasteiger partial charge in [-0.3, -0.25) is 4.90 Å². The van der Waals surface area contributed by atoms with E-state index in [1.54, 1.807) is 0 Å². The fourth-order valence-corrected chi connectivity index (χ4v) is 3.85. The number of nitrogens with two attached hydrogens (primary N) is 1. The molecule has 0 saturated heterocycles. The summed E-state index contributed by atoms with van der Waals surface area (Å²) in [6.45, 7) is 3.79. The first kappa shape index (κ1) is 14.0. The monoisotopic (exact) mass is 307 g/mol. The van der Waals surface area contributed by atoms with Gasteiger partial charge < -0.3 is 5.73 Å². The molecule has 2 heterocycles. The lowest BCUT2D eigenvalue weighted by Crippen LogP contribution is -2.33. The Kier molecular flexibility index (Phi) is 4.36. The molecule has 20 heavy (non-hydrogen) atoms. The highest BCUT2D eigenvalue weighted by Gasteiger charge is 2.20. The Labute approximate surface area is 128 Å². The van der Waals surface area contributed by atoms with Crippen molar-refractivity contribution in [1.82, 2.24) is 9.88 Å². The molecule has 0 aliphatic carbocycles. The van der Waals surface area contributed by atoms with Crippen molar-refractivity contribution < 1.29 is 0 Å². The van der Waals surface area contributed by atoms with E-state index in [0.717, 1.165) is 44.0 Å². The number of rotatable bonds is 4. The van der Waals surface area contributed by atoms with Gasteiger partial charge in [-0.2, -0.15) is 0 Å². The molecule has 1 aliphatic rings. The molecule has 0 amide bonds. The maximum Gasteiger partial charge on any atom is 0.0975 e. The predicted molar refractivity (Wildman–Crippen MR) is 84.4 cm³/mol. The minimum absolute atomic E-state index is 0.728. The molecule has 3 rings (SSSR count). The summed E-state index contributed by atoms with van der Waals surface area (Å²) in [5.74, 6) is 0. The first-order valence-corrected chi connectivity index (χ1v) is 8.08. The second-order valence-electron chi connectivity index (χ2n) is 5.10. The molecule has 0 saturated carbocycles. The normalized spacial score (nSPS) is 15.3. The van der Waals surface area contributed by atoms with Gasteiger partial charge in [0.15, 0.2) is 0 Å². The fourth-order valence-electron chi connectivity index (χ4n) is 2.53. The first-order chi connectivity index (χ1) is 9.74. The number of fused-ring (bicyclic) bond motifs is 1. The lowest BCUT2D eigenvalue weighted by Gasteiger charge is -2.24. The van der Waals surface area contributed by atoms with Crippen molar-refractivity contribution in [3.63, 3.8) is 0 Å². The Hall–Kier alpha value is -0.940. The van der Waals surface area contributed by atoms with Crippen LogP contribution in [0.5, 0.6) is 0 Å². The van der Waals surface area contributed by atoms with Crippen molar-refractivity contribution in [3.05, 3.63) is 50.4 Å². The van der Waals surface area contributed by atoms with E-state index >= 15 is 0 Å². The number of halogens is 1. The van der Waals surface area contributed by atoms with E-state index in [4.69, 9.17) is 22.3 Å². The second kappa shape index (κ2) is 6.22. The Morgan fingerprint density at radius 1 is 1.30 bits per heavy atom. The summed E-state index contributed by atoms with van der Waals surface area (Å²) in [7, 11) is 0. The number of thiazole rings is 1. The van der Waals surface area contributed by atoms with Crippen LogP contribution in [-0.4, -0.2) is 29.5 Å². The molecule has 1 aromatic heterocycles. The van der Waals surface area contributed by atoms with Crippen molar-refractivity contribution in [2.75, 3.05) is 19.6 Å². The van der Waals surface area contributed by atoms with Crippen LogP contribution >= 0.6 is 22.9 Å². The third-order valence-electron chi connectivity index (χ3n) is 3.57. The van der Waals surface area contributed by atoms with E-state index in [1.165, 1.54) is 21.1 Å². The summed E-state index contributed by atoms with van der Waals surface area (Å²) in [5.41, 5.74) is 8.18. The van der Waals surface area contributed by atoms with Crippen LogP contribution in [0.25, 0.3) is 0 Å². The van der Waals surface area contributed by atoms with Gasteiger partial charge in [0.05, 0.1) is 10.7 Å². The maximum absolute atomic E-state index is 5.91. The highest BCUT2D eigenvalue weighted by molar-refractivity contribution is 7.11. The Bertz CT molecular complexity index is 579. The van der Waals surface area contributed by atoms with Crippen LogP contribution in [0.2, 0.25) is 5.02 Å². The fraction of sp³-hybridized carbons (Fsp3) is 0.400. The SMILES string of the molecule is NCCN1CCc2nc(Cc3ccc(Cl)cc3)sc2C1. The van der Waals surface area contributed by atoms with Crippen LogP contribution < -0.4 is 5.73 Å². The van der Waals surface area contributed by atoms with E-state index in [9.17, 15) is 0 Å². The van der Waals surface area contributed by atoms with Crippen LogP contribution in [0, 0.1) is 0 Å². The standard InChI is InChI=1S/C15H18ClN3S/c16-12-3-1-11(2-4-12)9-15-18-13-5-7-19(8-6-17)10-14(13)20-15/h1-4H,5-10,17H2. The zero-order chi connectivity index (χ0) is 13.9. The topological polar surface area (TPSA) is 42.1 Å². The van der Waals surface area contributed by atoms with Crippen molar-refractivity contribution in [2.24, 2.45) is 5.73 Å². The van der Waals surface area contributed by atoms with E-state index < -0.39 is 0 Å². The number of nitrogens with zero attached hydrogens (tertiary/aromatic N) is 2. The summed E-state index contributed by atoms with van der Waals surface area (Å²) in [6, 6.07) is 8.02. The zero-order valence-corrected chi connectivity index (χ0v) is 12.9. The van der Waals surface area contributed by atoms with Crippen LogP contribution in [0.4, 0.5) is 0 Å². The van der Waals surface area contributed by atoms with Crippen molar-refractivity contribution in [1.29, 1.82) is 0 Å². The molecule has 0 spiro atoms. The van der Waals surface area contributed by atoms with Crippen molar-refractivity contribution in [2.45, 2.75) is 19.4 Å². The van der Waals surface area contributed by atoms with E-state index in [-0.39, 0.29) is 0 Å². The van der Waals surface area contributed by atoms with Gasteiger partial charge in [0.1, 0.15) is 0 Å². The number of aromatic nitrogens is 1. The van der Waals surface area contributed by atoms with Gasteiger partial charge in [0, 0.05) is 48.9 Å². The quantitative estimate of drug-likeness (QED) is 0.944. The second-order valence-corrected chi connectivity index (χ2v) is 6.70. The number of hydrogen-bond donors (Lipinski definition) is 1. The average molecular weight is 308 g/mol. The van der Waals surface area contributed by atoms with E-state index in [2.05, 4.69) is 17.0 Å². The molecule has 0 fully saturated rings. The van der Waals surface area contributed by atoms with Crippen LogP contribution in [0.3, 0.4) is 0 Å². The van der Waals surface area contributed by atoms with Gasteiger partial charge in [-0.1, -0.05) is 23.7 Å². The molecule has 1 aliphatic heterocycles. The van der Waals surface area contributed by atoms with Crippen LogP contribution in [0.15, 0.2) is 24.3 Å². The zero-order valence-electron chi connectivity index (χ0n) is 11.3.